The molecule has 0 amide bonds. The minimum atomic E-state index is 0.354. The lowest BCUT2D eigenvalue weighted by molar-refractivity contribution is -0.118. The highest BCUT2D eigenvalue weighted by molar-refractivity contribution is 5.81. The van der Waals surface area contributed by atoms with Gasteiger partial charge in [0.1, 0.15) is 11.6 Å². The fourth-order valence-corrected chi connectivity index (χ4v) is 2.74. The Morgan fingerprint density at radius 1 is 1.26 bits per heavy atom. The van der Waals surface area contributed by atoms with Crippen LogP contribution in [0.4, 0.5) is 0 Å². The molecule has 1 heterocycles. The zero-order chi connectivity index (χ0) is 13.2. The van der Waals surface area contributed by atoms with Gasteiger partial charge in [-0.05, 0) is 25.5 Å². The first-order valence-electron chi connectivity index (χ1n) is 6.91. The van der Waals surface area contributed by atoms with Crippen LogP contribution in [0.15, 0.2) is 35.9 Å². The lowest BCUT2D eigenvalue weighted by atomic mass is 9.96. The van der Waals surface area contributed by atoms with Crippen molar-refractivity contribution >= 4 is 16.8 Å². The van der Waals surface area contributed by atoms with Crippen LogP contribution in [0.25, 0.3) is 11.0 Å². The molecule has 0 bridgehead atoms. The van der Waals surface area contributed by atoms with E-state index in [1.54, 1.807) is 0 Å². The van der Waals surface area contributed by atoms with Crippen molar-refractivity contribution in [3.05, 3.63) is 41.7 Å². The van der Waals surface area contributed by atoms with E-state index in [0.717, 1.165) is 30.7 Å². The van der Waals surface area contributed by atoms with Crippen LogP contribution in [0, 0.1) is 0 Å². The molecule has 0 radical (unpaired) electrons. The number of hydrogen-bond donors (Lipinski definition) is 0. The fraction of sp³-hybridized carbons (Fsp3) is 0.375. The lowest BCUT2D eigenvalue weighted by Gasteiger charge is -2.12. The van der Waals surface area contributed by atoms with E-state index in [0.29, 0.717) is 18.6 Å². The van der Waals surface area contributed by atoms with Gasteiger partial charge in [0.05, 0.1) is 11.0 Å². The Morgan fingerprint density at radius 3 is 2.84 bits per heavy atom. The first-order chi connectivity index (χ1) is 9.28. The number of hydrogen-bond acceptors (Lipinski definition) is 2. The zero-order valence-corrected chi connectivity index (χ0v) is 11.2. The highest BCUT2D eigenvalue weighted by atomic mass is 16.1. The number of para-hydroxylation sites is 2. The molecule has 0 aliphatic heterocycles. The van der Waals surface area contributed by atoms with Crippen molar-refractivity contribution in [3.8, 4) is 0 Å². The number of Topliss-reactive ketones (excluding diaryl/α,β-unsaturated/α-hetero) is 1. The molecular formula is C16H18N2O. The van der Waals surface area contributed by atoms with Gasteiger partial charge in [0.15, 0.2) is 0 Å². The first-order valence-corrected chi connectivity index (χ1v) is 6.91. The van der Waals surface area contributed by atoms with Gasteiger partial charge in [0.2, 0.25) is 0 Å². The third-order valence-electron chi connectivity index (χ3n) is 3.78. The molecule has 1 aromatic heterocycles. The Kier molecular flexibility index (Phi) is 3.20. The highest BCUT2D eigenvalue weighted by Crippen LogP contribution is 2.22. The summed E-state index contributed by atoms with van der Waals surface area (Å²) in [6.45, 7) is 3.08. The van der Waals surface area contributed by atoms with Gasteiger partial charge in [0, 0.05) is 25.8 Å². The van der Waals surface area contributed by atoms with Crippen LogP contribution in [0.5, 0.6) is 0 Å². The molecule has 0 N–H and O–H groups in total. The van der Waals surface area contributed by atoms with Crippen LogP contribution in [0.2, 0.25) is 0 Å². The van der Waals surface area contributed by atoms with Gasteiger partial charge in [-0.25, -0.2) is 4.98 Å². The molecule has 0 saturated heterocycles. The van der Waals surface area contributed by atoms with E-state index in [9.17, 15) is 4.79 Å². The van der Waals surface area contributed by atoms with E-state index < -0.39 is 0 Å². The van der Waals surface area contributed by atoms with E-state index in [2.05, 4.69) is 35.8 Å². The summed E-state index contributed by atoms with van der Waals surface area (Å²) in [5, 5.41) is 0. The van der Waals surface area contributed by atoms with Crippen molar-refractivity contribution in [1.29, 1.82) is 0 Å². The topological polar surface area (TPSA) is 34.9 Å². The second-order valence-corrected chi connectivity index (χ2v) is 5.04. The molecule has 0 unspecified atom stereocenters. The molecule has 0 spiro atoms. The van der Waals surface area contributed by atoms with Crippen molar-refractivity contribution in [2.45, 2.75) is 39.2 Å². The van der Waals surface area contributed by atoms with Crippen molar-refractivity contribution in [2.75, 3.05) is 0 Å². The molecule has 3 rings (SSSR count). The molecule has 3 heteroatoms. The number of rotatable bonds is 3. The van der Waals surface area contributed by atoms with Crippen LogP contribution in [0.1, 0.15) is 32.0 Å². The Bertz CT molecular complexity index is 652. The number of allylic oxidation sites excluding steroid dienone is 2. The fourth-order valence-electron chi connectivity index (χ4n) is 2.74. The number of nitrogens with zero attached hydrogens (tertiary/aromatic N) is 2. The lowest BCUT2D eigenvalue weighted by Crippen LogP contribution is -2.08. The second-order valence-electron chi connectivity index (χ2n) is 5.04. The molecule has 19 heavy (non-hydrogen) atoms. The quantitative estimate of drug-likeness (QED) is 0.788. The molecular weight excluding hydrogens is 236 g/mol. The van der Waals surface area contributed by atoms with Crippen LogP contribution in [-0.2, 0) is 17.8 Å². The van der Waals surface area contributed by atoms with Gasteiger partial charge in [0.25, 0.3) is 0 Å². The maximum absolute atomic E-state index is 11.3. The smallest absolute Gasteiger partial charge is 0.136 e. The maximum atomic E-state index is 11.3. The molecule has 1 aliphatic rings. The van der Waals surface area contributed by atoms with E-state index in [4.69, 9.17) is 4.98 Å². The summed E-state index contributed by atoms with van der Waals surface area (Å²) in [7, 11) is 0. The van der Waals surface area contributed by atoms with E-state index >= 15 is 0 Å². The van der Waals surface area contributed by atoms with Crippen LogP contribution < -0.4 is 0 Å². The summed E-state index contributed by atoms with van der Waals surface area (Å²) in [5.74, 6) is 1.47. The minimum absolute atomic E-state index is 0.354. The number of imidazole rings is 1. The van der Waals surface area contributed by atoms with E-state index in [-0.39, 0.29) is 0 Å². The van der Waals surface area contributed by atoms with Gasteiger partial charge in [-0.15, -0.1) is 0 Å². The predicted octanol–water partition coefficient (Wildman–Crippen LogP) is 3.28. The molecule has 1 aromatic carbocycles. The molecule has 3 nitrogen and oxygen atoms in total. The largest absolute Gasteiger partial charge is 0.328 e. The average molecular weight is 254 g/mol. The summed E-state index contributed by atoms with van der Waals surface area (Å²) < 4.78 is 2.27. The molecule has 1 aliphatic carbocycles. The first kappa shape index (κ1) is 12.2. The van der Waals surface area contributed by atoms with Gasteiger partial charge < -0.3 is 4.57 Å². The van der Waals surface area contributed by atoms with Crippen molar-refractivity contribution in [1.82, 2.24) is 9.55 Å². The molecule has 0 saturated carbocycles. The third-order valence-corrected chi connectivity index (χ3v) is 3.78. The summed E-state index contributed by atoms with van der Waals surface area (Å²) >= 11 is 0. The number of carbonyl (C=O) groups is 1. The van der Waals surface area contributed by atoms with E-state index in [1.807, 2.05) is 6.07 Å². The number of benzene rings is 1. The Balaban J connectivity index is 1.94. The van der Waals surface area contributed by atoms with Gasteiger partial charge in [-0.2, -0.15) is 0 Å². The standard InChI is InChI=1S/C16H18N2O/c1-2-18-15-6-4-3-5-14(15)17-16(18)11-12-7-9-13(19)10-8-12/h3-7H,2,8-11H2,1H3. The monoisotopic (exact) mass is 254 g/mol. The Morgan fingerprint density at radius 2 is 2.11 bits per heavy atom. The molecule has 0 fully saturated rings. The Labute approximate surface area is 113 Å². The number of aryl methyl sites for hydroxylation is 1. The van der Waals surface area contributed by atoms with E-state index in [1.165, 1.54) is 11.1 Å². The highest BCUT2D eigenvalue weighted by Gasteiger charge is 2.14. The maximum Gasteiger partial charge on any atom is 0.136 e. The predicted molar refractivity (Wildman–Crippen MR) is 76.1 cm³/mol. The second kappa shape index (κ2) is 5.00. The summed E-state index contributed by atoms with van der Waals surface area (Å²) in [6, 6.07) is 8.26. The van der Waals surface area contributed by atoms with Crippen molar-refractivity contribution in [2.24, 2.45) is 0 Å². The number of aromatic nitrogens is 2. The van der Waals surface area contributed by atoms with Gasteiger partial charge in [-0.1, -0.05) is 23.8 Å². The van der Waals surface area contributed by atoms with Crippen LogP contribution in [0.3, 0.4) is 0 Å². The SMILES string of the molecule is CCn1c(CC2=CCC(=O)CC2)nc2ccccc21. The minimum Gasteiger partial charge on any atom is -0.328 e. The zero-order valence-electron chi connectivity index (χ0n) is 11.2. The average Bonchev–Trinajstić information content (AvgIpc) is 2.78. The van der Waals surface area contributed by atoms with Gasteiger partial charge in [-0.3, -0.25) is 4.79 Å². The van der Waals surface area contributed by atoms with Crippen molar-refractivity contribution < 1.29 is 4.79 Å². The number of carbonyl (C=O) groups excluding carboxylic acids is 1. The molecule has 2 aromatic rings. The summed E-state index contributed by atoms with van der Waals surface area (Å²) in [4.78, 5) is 16.0. The van der Waals surface area contributed by atoms with Crippen LogP contribution >= 0.6 is 0 Å². The van der Waals surface area contributed by atoms with Gasteiger partial charge >= 0.3 is 0 Å². The third kappa shape index (κ3) is 2.33. The number of fused-ring (bicyclic) bond motifs is 1. The molecule has 98 valence electrons. The van der Waals surface area contributed by atoms with Crippen LogP contribution in [-0.4, -0.2) is 15.3 Å². The Hall–Kier alpha value is -1.90. The molecule has 0 atom stereocenters. The van der Waals surface area contributed by atoms with Crippen molar-refractivity contribution in [3.63, 3.8) is 0 Å². The summed E-state index contributed by atoms with van der Waals surface area (Å²) in [6.07, 6.45) is 5.15. The normalized spacial score (nSPS) is 15.8. The summed E-state index contributed by atoms with van der Waals surface area (Å²) in [5.41, 5.74) is 3.61. The number of ketones is 1.